The van der Waals surface area contributed by atoms with Gasteiger partial charge in [0.2, 0.25) is 0 Å². The number of aromatic nitrogens is 2. The third kappa shape index (κ3) is 3.79. The van der Waals surface area contributed by atoms with Crippen LogP contribution >= 0.6 is 0 Å². The Morgan fingerprint density at radius 3 is 2.73 bits per heavy atom. The highest BCUT2D eigenvalue weighted by Crippen LogP contribution is 2.28. The summed E-state index contributed by atoms with van der Waals surface area (Å²) in [5.41, 5.74) is -0.0793. The van der Waals surface area contributed by atoms with E-state index >= 15 is 0 Å². The third-order valence-electron chi connectivity index (χ3n) is 3.80. The number of cyclic esters (lactones) is 1. The van der Waals surface area contributed by atoms with Gasteiger partial charge in [0.05, 0.1) is 18.8 Å². The Balaban J connectivity index is 1.79. The molecule has 1 aliphatic heterocycles. The van der Waals surface area contributed by atoms with Gasteiger partial charge in [-0.2, -0.15) is 13.2 Å². The van der Waals surface area contributed by atoms with Gasteiger partial charge in [0, 0.05) is 11.8 Å². The molecule has 0 unspecified atom stereocenters. The summed E-state index contributed by atoms with van der Waals surface area (Å²) in [6, 6.07) is 5.58. The fraction of sp³-hybridized carbons (Fsp3) is 0.312. The summed E-state index contributed by atoms with van der Waals surface area (Å²) in [7, 11) is 0. The summed E-state index contributed by atoms with van der Waals surface area (Å²) in [6.45, 7) is 2.43. The monoisotopic (exact) mass is 368 g/mol. The minimum absolute atomic E-state index is 0.119. The number of hydrogen-bond acceptors (Lipinski definition) is 5. The average Bonchev–Trinajstić information content (AvgIpc) is 2.99. The Morgan fingerprint density at radius 1 is 1.31 bits per heavy atom. The van der Waals surface area contributed by atoms with Gasteiger partial charge >= 0.3 is 12.3 Å². The number of anilines is 2. The SMILES string of the molecule is Cc1ccc(NCc2nc(C(F)(F)F)cc(=O)[nH]2)cc1N1CCOC1=O. The fourth-order valence-electron chi connectivity index (χ4n) is 2.55. The molecule has 2 N–H and O–H groups in total. The molecular formula is C16H15F3N4O3. The van der Waals surface area contributed by atoms with Crippen LogP contribution in [0.15, 0.2) is 29.1 Å². The number of aromatic amines is 1. The molecule has 1 aromatic heterocycles. The Bertz CT molecular complexity index is 895. The zero-order chi connectivity index (χ0) is 18.9. The molecule has 1 saturated heterocycles. The maximum atomic E-state index is 12.7. The molecule has 1 aromatic carbocycles. The van der Waals surface area contributed by atoms with E-state index in [4.69, 9.17) is 4.74 Å². The lowest BCUT2D eigenvalue weighted by Crippen LogP contribution is -2.24. The van der Waals surface area contributed by atoms with E-state index in [1.807, 2.05) is 6.92 Å². The summed E-state index contributed by atoms with van der Waals surface area (Å²) in [5, 5.41) is 2.89. The van der Waals surface area contributed by atoms with Gasteiger partial charge in [-0.3, -0.25) is 9.69 Å². The Morgan fingerprint density at radius 2 is 2.08 bits per heavy atom. The molecule has 10 heteroatoms. The number of carbonyl (C=O) groups excluding carboxylic acids is 1. The number of hydrogen-bond donors (Lipinski definition) is 2. The molecule has 0 radical (unpaired) electrons. The van der Waals surface area contributed by atoms with Crippen molar-refractivity contribution in [1.29, 1.82) is 0 Å². The number of nitrogens with one attached hydrogen (secondary N) is 2. The smallest absolute Gasteiger partial charge is 0.433 e. The lowest BCUT2D eigenvalue weighted by Gasteiger charge is -2.17. The molecule has 26 heavy (non-hydrogen) atoms. The van der Waals surface area contributed by atoms with Crippen LogP contribution in [-0.2, 0) is 17.5 Å². The van der Waals surface area contributed by atoms with Crippen molar-refractivity contribution in [1.82, 2.24) is 9.97 Å². The largest absolute Gasteiger partial charge is 0.447 e. The minimum atomic E-state index is -4.70. The molecule has 2 aromatic rings. The van der Waals surface area contributed by atoms with Crippen molar-refractivity contribution in [3.05, 3.63) is 51.7 Å². The van der Waals surface area contributed by atoms with Crippen molar-refractivity contribution in [2.24, 2.45) is 0 Å². The quantitative estimate of drug-likeness (QED) is 0.866. The average molecular weight is 368 g/mol. The molecule has 2 heterocycles. The van der Waals surface area contributed by atoms with E-state index in [1.165, 1.54) is 4.90 Å². The van der Waals surface area contributed by atoms with E-state index < -0.39 is 23.5 Å². The van der Waals surface area contributed by atoms with Gasteiger partial charge in [0.25, 0.3) is 5.56 Å². The van der Waals surface area contributed by atoms with Crippen molar-refractivity contribution >= 4 is 17.5 Å². The van der Waals surface area contributed by atoms with E-state index in [1.54, 1.807) is 18.2 Å². The summed E-state index contributed by atoms with van der Waals surface area (Å²) in [4.78, 5) is 30.3. The van der Waals surface area contributed by atoms with Crippen molar-refractivity contribution in [2.75, 3.05) is 23.4 Å². The second-order valence-corrected chi connectivity index (χ2v) is 5.70. The van der Waals surface area contributed by atoms with Crippen LogP contribution in [0.4, 0.5) is 29.3 Å². The Kier molecular flexibility index (Phi) is 4.58. The topological polar surface area (TPSA) is 87.3 Å². The number of halogens is 3. The molecule has 1 aliphatic rings. The molecule has 1 fully saturated rings. The lowest BCUT2D eigenvalue weighted by atomic mass is 10.1. The number of carbonyl (C=O) groups is 1. The standard InChI is InChI=1S/C16H15F3N4O3/c1-9-2-3-10(6-11(9)23-4-5-26-15(23)25)20-8-13-21-12(16(17,18)19)7-14(24)22-13/h2-3,6-7,20H,4-5,8H2,1H3,(H,21,22,24). The minimum Gasteiger partial charge on any atom is -0.447 e. The summed E-state index contributed by atoms with van der Waals surface area (Å²) in [6.07, 6.45) is -5.15. The summed E-state index contributed by atoms with van der Waals surface area (Å²) < 4.78 is 43.1. The molecule has 0 aliphatic carbocycles. The number of benzene rings is 1. The number of rotatable bonds is 4. The predicted octanol–water partition coefficient (Wildman–Crippen LogP) is 2.67. The van der Waals surface area contributed by atoms with Gasteiger partial charge in [0.15, 0.2) is 5.69 Å². The number of aryl methyl sites for hydroxylation is 1. The zero-order valence-corrected chi connectivity index (χ0v) is 13.7. The second-order valence-electron chi connectivity index (χ2n) is 5.70. The molecule has 138 valence electrons. The first-order valence-corrected chi connectivity index (χ1v) is 7.70. The van der Waals surface area contributed by atoms with Gasteiger partial charge in [-0.15, -0.1) is 0 Å². The first kappa shape index (κ1) is 17.8. The van der Waals surface area contributed by atoms with Crippen LogP contribution in [0.1, 0.15) is 17.1 Å². The normalized spacial score (nSPS) is 14.5. The summed E-state index contributed by atoms with van der Waals surface area (Å²) in [5.74, 6) is -0.146. The molecule has 7 nitrogen and oxygen atoms in total. The van der Waals surface area contributed by atoms with Gasteiger partial charge in [-0.25, -0.2) is 9.78 Å². The number of alkyl halides is 3. The summed E-state index contributed by atoms with van der Waals surface area (Å²) >= 11 is 0. The van der Waals surface area contributed by atoms with E-state index in [0.717, 1.165) is 5.56 Å². The number of nitrogens with zero attached hydrogens (tertiary/aromatic N) is 2. The molecule has 1 amide bonds. The number of amides is 1. The van der Waals surface area contributed by atoms with Gasteiger partial charge < -0.3 is 15.0 Å². The lowest BCUT2D eigenvalue weighted by molar-refractivity contribution is -0.141. The molecule has 0 spiro atoms. The van der Waals surface area contributed by atoms with Crippen molar-refractivity contribution in [2.45, 2.75) is 19.6 Å². The Hall–Kier alpha value is -3.04. The van der Waals surface area contributed by atoms with Crippen LogP contribution in [0.5, 0.6) is 0 Å². The predicted molar refractivity (Wildman–Crippen MR) is 87.1 cm³/mol. The molecule has 0 saturated carbocycles. The highest BCUT2D eigenvalue weighted by molar-refractivity contribution is 5.91. The first-order chi connectivity index (χ1) is 12.2. The zero-order valence-electron chi connectivity index (χ0n) is 13.7. The van der Waals surface area contributed by atoms with Crippen LogP contribution in [0.3, 0.4) is 0 Å². The molecule has 3 rings (SSSR count). The van der Waals surface area contributed by atoms with Crippen LogP contribution in [-0.4, -0.2) is 29.2 Å². The van der Waals surface area contributed by atoms with E-state index in [0.29, 0.717) is 30.6 Å². The molecule has 0 atom stereocenters. The van der Waals surface area contributed by atoms with Crippen LogP contribution in [0.25, 0.3) is 0 Å². The maximum Gasteiger partial charge on any atom is 0.433 e. The number of H-pyrrole nitrogens is 1. The van der Waals surface area contributed by atoms with Gasteiger partial charge in [-0.1, -0.05) is 6.07 Å². The van der Waals surface area contributed by atoms with Crippen molar-refractivity contribution in [3.8, 4) is 0 Å². The van der Waals surface area contributed by atoms with Gasteiger partial charge in [-0.05, 0) is 24.6 Å². The van der Waals surface area contributed by atoms with Gasteiger partial charge in [0.1, 0.15) is 12.4 Å². The second kappa shape index (κ2) is 6.70. The highest BCUT2D eigenvalue weighted by atomic mass is 19.4. The maximum absolute atomic E-state index is 12.7. The van der Waals surface area contributed by atoms with E-state index in [2.05, 4.69) is 15.3 Å². The van der Waals surface area contributed by atoms with Crippen LogP contribution in [0.2, 0.25) is 0 Å². The number of ether oxygens (including phenoxy) is 1. The Labute approximate surface area is 145 Å². The van der Waals surface area contributed by atoms with Crippen molar-refractivity contribution in [3.63, 3.8) is 0 Å². The first-order valence-electron chi connectivity index (χ1n) is 7.70. The third-order valence-corrected chi connectivity index (χ3v) is 3.80. The van der Waals surface area contributed by atoms with E-state index in [-0.39, 0.29) is 12.4 Å². The molecule has 0 bridgehead atoms. The highest BCUT2D eigenvalue weighted by Gasteiger charge is 2.33. The van der Waals surface area contributed by atoms with E-state index in [9.17, 15) is 22.8 Å². The fourth-order valence-corrected chi connectivity index (χ4v) is 2.55. The molecular weight excluding hydrogens is 353 g/mol. The van der Waals surface area contributed by atoms with Crippen LogP contribution < -0.4 is 15.8 Å². The van der Waals surface area contributed by atoms with Crippen LogP contribution in [0, 0.1) is 6.92 Å². The van der Waals surface area contributed by atoms with Crippen molar-refractivity contribution < 1.29 is 22.7 Å².